The summed E-state index contributed by atoms with van der Waals surface area (Å²) in [7, 11) is -2.39. The number of anilines is 1. The van der Waals surface area contributed by atoms with Gasteiger partial charge in [-0.2, -0.15) is 0 Å². The minimum atomic E-state index is -3.84. The van der Waals surface area contributed by atoms with E-state index in [1.54, 1.807) is 25.1 Å². The first-order valence-electron chi connectivity index (χ1n) is 12.0. The molecule has 2 aromatic carbocycles. The highest BCUT2D eigenvalue weighted by Crippen LogP contribution is 2.31. The summed E-state index contributed by atoms with van der Waals surface area (Å²) in [5.74, 6) is -0.397. The molecule has 1 aliphatic carbocycles. The highest BCUT2D eigenvalue weighted by atomic mass is 79.9. The van der Waals surface area contributed by atoms with Crippen molar-refractivity contribution in [3.63, 3.8) is 0 Å². The molecule has 1 fully saturated rings. The lowest BCUT2D eigenvalue weighted by Crippen LogP contribution is -2.52. The Morgan fingerprint density at radius 3 is 2.47 bits per heavy atom. The van der Waals surface area contributed by atoms with Gasteiger partial charge >= 0.3 is 0 Å². The second-order valence-corrected chi connectivity index (χ2v) is 12.1. The SMILES string of the molecule is COc1ccc(C)cc1N(CC(=O)N(Cc1cccc(Br)c1)[C@H](C)C(=O)NC1CCCC1)S(C)(=O)=O. The van der Waals surface area contributed by atoms with Crippen LogP contribution in [0.4, 0.5) is 5.69 Å². The largest absolute Gasteiger partial charge is 0.495 e. The molecule has 0 bridgehead atoms. The van der Waals surface area contributed by atoms with Gasteiger partial charge in [-0.25, -0.2) is 8.42 Å². The van der Waals surface area contributed by atoms with Crippen molar-refractivity contribution in [3.8, 4) is 5.75 Å². The van der Waals surface area contributed by atoms with E-state index >= 15 is 0 Å². The maximum atomic E-state index is 13.7. The van der Waals surface area contributed by atoms with Crippen LogP contribution in [0.5, 0.6) is 5.75 Å². The molecule has 0 spiro atoms. The maximum Gasteiger partial charge on any atom is 0.244 e. The summed E-state index contributed by atoms with van der Waals surface area (Å²) in [6.07, 6.45) is 5.04. The Bertz CT molecular complexity index is 1200. The van der Waals surface area contributed by atoms with E-state index in [9.17, 15) is 18.0 Å². The van der Waals surface area contributed by atoms with Gasteiger partial charge in [0.1, 0.15) is 18.3 Å². The highest BCUT2D eigenvalue weighted by molar-refractivity contribution is 9.10. The number of halogens is 1. The van der Waals surface area contributed by atoms with Crippen molar-refractivity contribution in [3.05, 3.63) is 58.1 Å². The third kappa shape index (κ3) is 7.22. The Labute approximate surface area is 222 Å². The topological polar surface area (TPSA) is 96.0 Å². The fourth-order valence-corrected chi connectivity index (χ4v) is 5.69. The number of nitrogens with zero attached hydrogens (tertiary/aromatic N) is 2. The molecule has 0 heterocycles. The molecule has 2 amide bonds. The van der Waals surface area contributed by atoms with E-state index in [-0.39, 0.29) is 24.2 Å². The summed E-state index contributed by atoms with van der Waals surface area (Å²) >= 11 is 3.45. The molecular weight excluding hydrogens is 546 g/mol. The molecule has 1 aliphatic rings. The molecule has 2 aromatic rings. The smallest absolute Gasteiger partial charge is 0.244 e. The maximum absolute atomic E-state index is 13.7. The summed E-state index contributed by atoms with van der Waals surface area (Å²) < 4.78 is 32.9. The van der Waals surface area contributed by atoms with Gasteiger partial charge in [0.05, 0.1) is 19.1 Å². The predicted octanol–water partition coefficient (Wildman–Crippen LogP) is 4.01. The van der Waals surface area contributed by atoms with E-state index in [1.807, 2.05) is 31.2 Å². The van der Waals surface area contributed by atoms with Crippen molar-refractivity contribution >= 4 is 43.5 Å². The van der Waals surface area contributed by atoms with Crippen molar-refractivity contribution in [2.75, 3.05) is 24.2 Å². The fourth-order valence-electron chi connectivity index (χ4n) is 4.40. The van der Waals surface area contributed by atoms with E-state index in [0.717, 1.165) is 51.8 Å². The zero-order valence-corrected chi connectivity index (χ0v) is 23.6. The minimum absolute atomic E-state index is 0.104. The third-order valence-electron chi connectivity index (χ3n) is 6.39. The second kappa shape index (κ2) is 12.1. The molecule has 0 saturated heterocycles. The number of carbonyl (C=O) groups is 2. The van der Waals surface area contributed by atoms with Crippen molar-refractivity contribution < 1.29 is 22.7 Å². The van der Waals surface area contributed by atoms with Crippen LogP contribution in [0, 0.1) is 6.92 Å². The van der Waals surface area contributed by atoms with E-state index in [1.165, 1.54) is 12.0 Å². The zero-order valence-electron chi connectivity index (χ0n) is 21.2. The molecule has 0 radical (unpaired) electrons. The number of ether oxygens (including phenoxy) is 1. The Hall–Kier alpha value is -2.59. The number of rotatable bonds is 10. The molecule has 8 nitrogen and oxygen atoms in total. The minimum Gasteiger partial charge on any atom is -0.495 e. The van der Waals surface area contributed by atoms with Crippen molar-refractivity contribution in [2.24, 2.45) is 0 Å². The van der Waals surface area contributed by atoms with Crippen molar-refractivity contribution in [1.82, 2.24) is 10.2 Å². The van der Waals surface area contributed by atoms with Crippen LogP contribution >= 0.6 is 15.9 Å². The van der Waals surface area contributed by atoms with E-state index in [4.69, 9.17) is 4.74 Å². The van der Waals surface area contributed by atoms with Crippen LogP contribution in [0.1, 0.15) is 43.7 Å². The summed E-state index contributed by atoms with van der Waals surface area (Å²) in [5.41, 5.74) is 1.92. The van der Waals surface area contributed by atoms with E-state index in [2.05, 4.69) is 21.2 Å². The van der Waals surface area contributed by atoms with Crippen LogP contribution in [0.25, 0.3) is 0 Å². The van der Waals surface area contributed by atoms with Crippen LogP contribution in [-0.2, 0) is 26.2 Å². The lowest BCUT2D eigenvalue weighted by molar-refractivity contribution is -0.139. The normalized spacial score (nSPS) is 14.8. The fraction of sp³-hybridized carbons (Fsp3) is 0.462. The quantitative estimate of drug-likeness (QED) is 0.459. The zero-order chi connectivity index (χ0) is 26.5. The number of benzene rings is 2. The van der Waals surface area contributed by atoms with Gasteiger partial charge in [-0.1, -0.05) is 47.0 Å². The summed E-state index contributed by atoms with van der Waals surface area (Å²) in [6, 6.07) is 11.9. The predicted molar refractivity (Wildman–Crippen MR) is 144 cm³/mol. The summed E-state index contributed by atoms with van der Waals surface area (Å²) in [5, 5.41) is 3.06. The molecule has 0 aromatic heterocycles. The van der Waals surface area contributed by atoms with Gasteiger partial charge in [-0.3, -0.25) is 13.9 Å². The van der Waals surface area contributed by atoms with Crippen molar-refractivity contribution in [1.29, 1.82) is 0 Å². The molecule has 3 rings (SSSR count). The van der Waals surface area contributed by atoms with Crippen LogP contribution in [0.15, 0.2) is 46.9 Å². The first kappa shape index (κ1) is 28.0. The Morgan fingerprint density at radius 1 is 1.17 bits per heavy atom. The Morgan fingerprint density at radius 2 is 1.86 bits per heavy atom. The first-order valence-corrected chi connectivity index (χ1v) is 14.6. The van der Waals surface area contributed by atoms with Gasteiger partial charge in [0.25, 0.3) is 0 Å². The van der Waals surface area contributed by atoms with Gasteiger partial charge in [0, 0.05) is 17.1 Å². The van der Waals surface area contributed by atoms with Gasteiger partial charge in [-0.15, -0.1) is 0 Å². The van der Waals surface area contributed by atoms with Gasteiger partial charge in [0.2, 0.25) is 21.8 Å². The number of carbonyl (C=O) groups excluding carboxylic acids is 2. The number of amides is 2. The lowest BCUT2D eigenvalue weighted by atomic mass is 10.1. The molecule has 1 N–H and O–H groups in total. The highest BCUT2D eigenvalue weighted by Gasteiger charge is 2.32. The molecule has 1 saturated carbocycles. The average Bonchev–Trinajstić information content (AvgIpc) is 3.32. The number of methoxy groups -OCH3 is 1. The molecular formula is C26H34BrN3O5S. The standard InChI is InChI=1S/C26H34BrN3O5S/c1-18-12-13-24(35-3)23(14-18)30(36(4,33)34)17-25(31)29(16-20-8-7-9-21(27)15-20)19(2)26(32)28-22-10-5-6-11-22/h7-9,12-15,19,22H,5-6,10-11,16-17H2,1-4H3,(H,28,32)/t19-/m1/s1. The Kier molecular flexibility index (Phi) is 9.41. The van der Waals surface area contributed by atoms with Crippen LogP contribution < -0.4 is 14.4 Å². The van der Waals surface area contributed by atoms with Crippen molar-refractivity contribution in [2.45, 2.75) is 58.2 Å². The molecule has 1 atom stereocenters. The monoisotopic (exact) mass is 579 g/mol. The Balaban J connectivity index is 1.93. The number of nitrogens with one attached hydrogen (secondary N) is 1. The molecule has 36 heavy (non-hydrogen) atoms. The number of hydrogen-bond acceptors (Lipinski definition) is 5. The van der Waals surface area contributed by atoms with E-state index < -0.39 is 28.5 Å². The number of sulfonamides is 1. The second-order valence-electron chi connectivity index (χ2n) is 9.26. The molecule has 0 unspecified atom stereocenters. The van der Waals surface area contributed by atoms with Gasteiger partial charge in [-0.05, 0) is 62.1 Å². The summed E-state index contributed by atoms with van der Waals surface area (Å²) in [4.78, 5) is 28.3. The number of aryl methyl sites for hydroxylation is 1. The van der Waals surface area contributed by atoms with E-state index in [0.29, 0.717) is 5.75 Å². The average molecular weight is 581 g/mol. The van der Waals surface area contributed by atoms with Crippen LogP contribution in [-0.4, -0.2) is 57.1 Å². The molecule has 196 valence electrons. The van der Waals surface area contributed by atoms with Gasteiger partial charge in [0.15, 0.2) is 0 Å². The first-order chi connectivity index (χ1) is 17.0. The number of hydrogen-bond donors (Lipinski definition) is 1. The van der Waals surface area contributed by atoms with Crippen LogP contribution in [0.2, 0.25) is 0 Å². The lowest BCUT2D eigenvalue weighted by Gasteiger charge is -2.32. The summed E-state index contributed by atoms with van der Waals surface area (Å²) in [6.45, 7) is 3.20. The third-order valence-corrected chi connectivity index (χ3v) is 8.01. The van der Waals surface area contributed by atoms with Crippen LogP contribution in [0.3, 0.4) is 0 Å². The van der Waals surface area contributed by atoms with Gasteiger partial charge < -0.3 is 15.0 Å². The molecule has 10 heteroatoms. The molecule has 0 aliphatic heterocycles.